The van der Waals surface area contributed by atoms with Crippen molar-refractivity contribution in [2.45, 2.75) is 96.4 Å². The van der Waals surface area contributed by atoms with Crippen LogP contribution in [0.4, 0.5) is 11.4 Å². The van der Waals surface area contributed by atoms with Crippen molar-refractivity contribution in [1.29, 1.82) is 0 Å². The van der Waals surface area contributed by atoms with Gasteiger partial charge in [-0.2, -0.15) is 0 Å². The van der Waals surface area contributed by atoms with E-state index in [0.29, 0.717) is 37.2 Å². The van der Waals surface area contributed by atoms with Crippen molar-refractivity contribution in [1.82, 2.24) is 16.0 Å². The topological polar surface area (TPSA) is 169 Å². The van der Waals surface area contributed by atoms with Crippen LogP contribution in [-0.4, -0.2) is 53.8 Å². The maximum atomic E-state index is 13.8. The van der Waals surface area contributed by atoms with Gasteiger partial charge in [0, 0.05) is 30.6 Å². The van der Waals surface area contributed by atoms with Gasteiger partial charge in [-0.15, -0.1) is 0 Å². The maximum absolute atomic E-state index is 13.8. The number of amides is 3. The van der Waals surface area contributed by atoms with Crippen LogP contribution in [0.3, 0.4) is 0 Å². The number of epoxide rings is 1. The van der Waals surface area contributed by atoms with E-state index >= 15 is 0 Å². The molecule has 0 aromatic heterocycles. The number of hydrogen-bond donors (Lipinski definition) is 5. The first-order valence-corrected chi connectivity index (χ1v) is 15.2. The summed E-state index contributed by atoms with van der Waals surface area (Å²) in [5, 5.41) is 8.63. The largest absolute Gasteiger partial charge is 0.399 e. The van der Waals surface area contributed by atoms with Crippen molar-refractivity contribution < 1.29 is 23.9 Å². The molecule has 2 aromatic rings. The van der Waals surface area contributed by atoms with E-state index < -0.39 is 35.5 Å². The van der Waals surface area contributed by atoms with Crippen molar-refractivity contribution in [2.24, 2.45) is 5.92 Å². The first kappa shape index (κ1) is 33.6. The van der Waals surface area contributed by atoms with Crippen molar-refractivity contribution in [3.8, 4) is 0 Å². The lowest BCUT2D eigenvalue weighted by Gasteiger charge is -2.27. The summed E-state index contributed by atoms with van der Waals surface area (Å²) in [6.07, 6.45) is 3.70. The highest BCUT2D eigenvalue weighted by atomic mass is 16.6. The smallest absolute Gasteiger partial charge is 0.243 e. The lowest BCUT2D eigenvalue weighted by Crippen LogP contribution is -2.57. The lowest BCUT2D eigenvalue weighted by molar-refractivity contribution is -0.134. The molecule has 1 aliphatic rings. The van der Waals surface area contributed by atoms with Crippen LogP contribution in [0.1, 0.15) is 70.9 Å². The van der Waals surface area contributed by atoms with Gasteiger partial charge in [-0.3, -0.25) is 19.2 Å². The number of hydrogen-bond acceptors (Lipinski definition) is 7. The van der Waals surface area contributed by atoms with E-state index in [1.807, 2.05) is 13.8 Å². The minimum absolute atomic E-state index is 0.133. The summed E-state index contributed by atoms with van der Waals surface area (Å²) in [5.74, 6) is -1.28. The molecule has 1 saturated heterocycles. The summed E-state index contributed by atoms with van der Waals surface area (Å²) in [4.78, 5) is 53.5. The molecule has 10 nitrogen and oxygen atoms in total. The van der Waals surface area contributed by atoms with Crippen LogP contribution >= 0.6 is 0 Å². The summed E-state index contributed by atoms with van der Waals surface area (Å²) < 4.78 is 5.37. The first-order chi connectivity index (χ1) is 20.4. The monoisotopic (exact) mass is 593 g/mol. The zero-order chi connectivity index (χ0) is 31.6. The number of benzene rings is 2. The van der Waals surface area contributed by atoms with Crippen LogP contribution in [0.5, 0.6) is 0 Å². The van der Waals surface area contributed by atoms with Gasteiger partial charge in [0.1, 0.15) is 17.7 Å². The fourth-order valence-electron chi connectivity index (χ4n) is 4.87. The molecule has 0 saturated carbocycles. The fourth-order valence-corrected chi connectivity index (χ4v) is 4.87. The van der Waals surface area contributed by atoms with Gasteiger partial charge in [0.2, 0.25) is 17.7 Å². The number of nitrogen functional groups attached to an aromatic ring is 2. The molecule has 43 heavy (non-hydrogen) atoms. The fraction of sp³-hybridized carbons (Fsp3) is 0.515. The van der Waals surface area contributed by atoms with Crippen molar-refractivity contribution in [3.05, 3.63) is 59.7 Å². The minimum Gasteiger partial charge on any atom is -0.399 e. The molecule has 3 amide bonds. The van der Waals surface area contributed by atoms with E-state index in [9.17, 15) is 19.2 Å². The van der Waals surface area contributed by atoms with Gasteiger partial charge < -0.3 is 32.2 Å². The van der Waals surface area contributed by atoms with Gasteiger partial charge >= 0.3 is 0 Å². The van der Waals surface area contributed by atoms with E-state index in [1.54, 1.807) is 55.5 Å². The van der Waals surface area contributed by atoms with Crippen molar-refractivity contribution in [2.75, 3.05) is 18.1 Å². The van der Waals surface area contributed by atoms with Gasteiger partial charge in [0.05, 0.1) is 12.6 Å². The molecule has 234 valence electrons. The zero-order valence-corrected chi connectivity index (χ0v) is 25.8. The molecule has 0 unspecified atom stereocenters. The third-order valence-electron chi connectivity index (χ3n) is 7.57. The van der Waals surface area contributed by atoms with Crippen LogP contribution in [0.25, 0.3) is 0 Å². The highest BCUT2D eigenvalue weighted by Crippen LogP contribution is 2.29. The Balaban J connectivity index is 1.84. The Morgan fingerprint density at radius 1 is 0.791 bits per heavy atom. The third kappa shape index (κ3) is 10.7. The lowest BCUT2D eigenvalue weighted by atomic mass is 9.93. The van der Waals surface area contributed by atoms with E-state index in [-0.39, 0.29) is 30.4 Å². The third-order valence-corrected chi connectivity index (χ3v) is 7.57. The summed E-state index contributed by atoms with van der Waals surface area (Å²) in [6.45, 7) is 8.03. The standard InChI is InChI=1S/C33H47N5O5/c1-5-6-7-8-29(39)36-27(18-22-9-13-24(34)14-10-22)31(41)38-28(19-23-11-15-25(35)16-12-23)32(42)37-26(17-21(2)3)30(40)33(4)20-43-33/h9-16,21,26-28H,5-8,17-20,34-35H2,1-4H3,(H,36,39)(H,37,42)(H,38,41)/t26-,27-,28-,33+/m0/s1. The predicted octanol–water partition coefficient (Wildman–Crippen LogP) is 3.08. The molecule has 0 spiro atoms. The van der Waals surface area contributed by atoms with Crippen LogP contribution in [0.15, 0.2) is 48.5 Å². The van der Waals surface area contributed by atoms with Crippen LogP contribution in [-0.2, 0) is 36.8 Å². The summed E-state index contributed by atoms with van der Waals surface area (Å²) in [5.41, 5.74) is 13.5. The number of carbonyl (C=O) groups is 4. The number of Topliss-reactive ketones (excluding diaryl/α,β-unsaturated/α-hetero) is 1. The molecule has 2 aromatic carbocycles. The highest BCUT2D eigenvalue weighted by molar-refractivity contribution is 5.98. The Morgan fingerprint density at radius 2 is 1.26 bits per heavy atom. The normalized spacial score (nSPS) is 17.9. The molecule has 1 aliphatic heterocycles. The average Bonchev–Trinajstić information content (AvgIpc) is 3.72. The number of unbranched alkanes of at least 4 members (excludes halogenated alkanes) is 2. The Labute approximate surface area is 254 Å². The van der Waals surface area contributed by atoms with E-state index in [0.717, 1.165) is 24.0 Å². The number of anilines is 2. The predicted molar refractivity (Wildman–Crippen MR) is 168 cm³/mol. The minimum atomic E-state index is -1.02. The Morgan fingerprint density at radius 3 is 1.70 bits per heavy atom. The number of carbonyl (C=O) groups excluding carboxylic acids is 4. The number of nitrogens with one attached hydrogen (secondary N) is 3. The van der Waals surface area contributed by atoms with Crippen molar-refractivity contribution in [3.63, 3.8) is 0 Å². The van der Waals surface area contributed by atoms with Crippen LogP contribution < -0.4 is 27.4 Å². The Kier molecular flexibility index (Phi) is 12.1. The second kappa shape index (κ2) is 15.5. The second-order valence-corrected chi connectivity index (χ2v) is 12.1. The molecule has 4 atom stereocenters. The molecule has 0 bridgehead atoms. The Hall–Kier alpha value is -3.92. The van der Waals surface area contributed by atoms with Crippen LogP contribution in [0, 0.1) is 5.92 Å². The summed E-state index contributed by atoms with van der Waals surface area (Å²) in [6, 6.07) is 11.4. The molecular formula is C33H47N5O5. The number of nitrogens with two attached hydrogens (primary N) is 2. The van der Waals surface area contributed by atoms with Gasteiger partial charge in [-0.25, -0.2) is 0 Å². The van der Waals surface area contributed by atoms with E-state index in [1.165, 1.54) is 0 Å². The highest BCUT2D eigenvalue weighted by Gasteiger charge is 2.50. The molecule has 0 aliphatic carbocycles. The van der Waals surface area contributed by atoms with Gasteiger partial charge in [-0.1, -0.05) is 57.9 Å². The van der Waals surface area contributed by atoms with Gasteiger partial charge in [0.15, 0.2) is 5.78 Å². The molecule has 10 heteroatoms. The number of ether oxygens (including phenoxy) is 1. The maximum Gasteiger partial charge on any atom is 0.243 e. The van der Waals surface area contributed by atoms with Gasteiger partial charge in [0.25, 0.3) is 0 Å². The summed E-state index contributed by atoms with van der Waals surface area (Å²) >= 11 is 0. The summed E-state index contributed by atoms with van der Waals surface area (Å²) in [7, 11) is 0. The molecule has 3 rings (SSSR count). The molecule has 7 N–H and O–H groups in total. The molecular weight excluding hydrogens is 546 g/mol. The average molecular weight is 594 g/mol. The van der Waals surface area contributed by atoms with Crippen LogP contribution in [0.2, 0.25) is 0 Å². The molecule has 1 fully saturated rings. The number of rotatable bonds is 17. The molecule has 0 radical (unpaired) electrons. The SMILES string of the molecule is CCCCCC(=O)N[C@@H](Cc1ccc(N)cc1)C(=O)N[C@@H](Cc1ccc(N)cc1)C(=O)N[C@@H](CC(C)C)C(=O)[C@@]1(C)CO1. The quantitative estimate of drug-likeness (QED) is 0.107. The van der Waals surface area contributed by atoms with Gasteiger partial charge in [-0.05, 0) is 61.1 Å². The first-order valence-electron chi connectivity index (χ1n) is 15.2. The van der Waals surface area contributed by atoms with Crippen molar-refractivity contribution >= 4 is 34.9 Å². The van der Waals surface area contributed by atoms with E-state index in [2.05, 4.69) is 22.9 Å². The zero-order valence-electron chi connectivity index (χ0n) is 25.8. The second-order valence-electron chi connectivity index (χ2n) is 12.1. The number of ketones is 1. The van der Waals surface area contributed by atoms with E-state index in [4.69, 9.17) is 16.2 Å². The Bertz CT molecular complexity index is 1240. The molecule has 1 heterocycles.